The Kier molecular flexibility index (Phi) is 4.20. The first-order valence-corrected chi connectivity index (χ1v) is 8.04. The molecule has 1 N–H and O–H groups in total. The lowest BCUT2D eigenvalue weighted by molar-refractivity contribution is -0.117. The minimum Gasteiger partial charge on any atom is -0.503 e. The fourth-order valence-electron chi connectivity index (χ4n) is 3.80. The van der Waals surface area contributed by atoms with Crippen molar-refractivity contribution in [2.24, 2.45) is 5.92 Å². The third-order valence-corrected chi connectivity index (χ3v) is 4.81. The van der Waals surface area contributed by atoms with Crippen LogP contribution in [0.1, 0.15) is 39.0 Å². The summed E-state index contributed by atoms with van der Waals surface area (Å²) < 4.78 is 13.6. The van der Waals surface area contributed by atoms with Crippen molar-refractivity contribution in [3.63, 3.8) is 0 Å². The van der Waals surface area contributed by atoms with E-state index in [1.807, 2.05) is 0 Å². The zero-order chi connectivity index (χ0) is 16.6. The smallest absolute Gasteiger partial charge is 0.294 e. The molecule has 0 spiro atoms. The van der Waals surface area contributed by atoms with Crippen molar-refractivity contribution in [3.8, 4) is 0 Å². The van der Waals surface area contributed by atoms with Gasteiger partial charge in [-0.25, -0.2) is 4.39 Å². The summed E-state index contributed by atoms with van der Waals surface area (Å²) in [4.78, 5) is 26.0. The highest BCUT2D eigenvalue weighted by Crippen LogP contribution is 2.40. The molecule has 1 heterocycles. The highest BCUT2D eigenvalue weighted by Gasteiger charge is 2.46. The largest absolute Gasteiger partial charge is 0.503 e. The van der Waals surface area contributed by atoms with Crippen LogP contribution in [0.25, 0.3) is 0 Å². The van der Waals surface area contributed by atoms with E-state index < -0.39 is 23.5 Å². The van der Waals surface area contributed by atoms with Gasteiger partial charge in [0.05, 0.1) is 11.6 Å². The van der Waals surface area contributed by atoms with E-state index in [0.717, 1.165) is 32.1 Å². The van der Waals surface area contributed by atoms with E-state index >= 15 is 0 Å². The molecule has 1 amide bonds. The monoisotopic (exact) mass is 317 g/mol. The van der Waals surface area contributed by atoms with Gasteiger partial charge >= 0.3 is 0 Å². The first-order valence-electron chi connectivity index (χ1n) is 8.04. The lowest BCUT2D eigenvalue weighted by atomic mass is 9.80. The van der Waals surface area contributed by atoms with E-state index in [-0.39, 0.29) is 17.3 Å². The molecule has 5 heteroatoms. The molecule has 23 heavy (non-hydrogen) atoms. The third-order valence-electron chi connectivity index (χ3n) is 4.81. The number of hydrogen-bond donors (Lipinski definition) is 1. The van der Waals surface area contributed by atoms with Crippen LogP contribution in [0.3, 0.4) is 0 Å². The normalized spacial score (nSPS) is 22.8. The highest BCUT2D eigenvalue weighted by atomic mass is 19.1. The van der Waals surface area contributed by atoms with E-state index in [2.05, 4.69) is 0 Å². The summed E-state index contributed by atoms with van der Waals surface area (Å²) in [5.41, 5.74) is 0.555. The molecule has 1 atom stereocenters. The molecule has 0 aromatic heterocycles. The molecule has 1 aliphatic heterocycles. The van der Waals surface area contributed by atoms with Gasteiger partial charge in [0, 0.05) is 5.69 Å². The van der Waals surface area contributed by atoms with Crippen LogP contribution in [0.2, 0.25) is 0 Å². The van der Waals surface area contributed by atoms with Gasteiger partial charge in [0.1, 0.15) is 5.82 Å². The number of ketones is 1. The van der Waals surface area contributed by atoms with Gasteiger partial charge in [0.25, 0.3) is 5.91 Å². The number of carbonyl (C=O) groups is 2. The van der Waals surface area contributed by atoms with Crippen LogP contribution in [0.5, 0.6) is 0 Å². The summed E-state index contributed by atoms with van der Waals surface area (Å²) in [7, 11) is 0. The number of rotatable bonds is 3. The van der Waals surface area contributed by atoms with Crippen molar-refractivity contribution in [2.45, 2.75) is 45.1 Å². The predicted octanol–water partition coefficient (Wildman–Crippen LogP) is 3.52. The number of halogens is 1. The number of amides is 1. The second-order valence-corrected chi connectivity index (χ2v) is 6.32. The van der Waals surface area contributed by atoms with Gasteiger partial charge in [-0.05, 0) is 43.9 Å². The topological polar surface area (TPSA) is 57.6 Å². The Morgan fingerprint density at radius 3 is 2.57 bits per heavy atom. The summed E-state index contributed by atoms with van der Waals surface area (Å²) >= 11 is 0. The minimum absolute atomic E-state index is 0.111. The van der Waals surface area contributed by atoms with Gasteiger partial charge < -0.3 is 5.11 Å². The van der Waals surface area contributed by atoms with Gasteiger partial charge in [-0.3, -0.25) is 14.5 Å². The van der Waals surface area contributed by atoms with Crippen LogP contribution < -0.4 is 4.90 Å². The van der Waals surface area contributed by atoms with Crippen LogP contribution in [-0.4, -0.2) is 22.8 Å². The summed E-state index contributed by atoms with van der Waals surface area (Å²) in [5.74, 6) is -1.74. The van der Waals surface area contributed by atoms with Crippen molar-refractivity contribution in [1.82, 2.24) is 0 Å². The molecule has 1 aromatic carbocycles. The average molecular weight is 317 g/mol. The van der Waals surface area contributed by atoms with Gasteiger partial charge in [-0.15, -0.1) is 0 Å². The van der Waals surface area contributed by atoms with Crippen molar-refractivity contribution < 1.29 is 19.1 Å². The summed E-state index contributed by atoms with van der Waals surface area (Å²) in [6.45, 7) is 1.36. The Morgan fingerprint density at radius 2 is 1.96 bits per heavy atom. The standard InChI is InChI=1S/C18H20FNO3/c1-11(21)15-16(12-6-3-2-4-7-12)20(18(23)17(15)22)14-9-5-8-13(19)10-14/h5,8-10,12,16,22H,2-4,6-7H2,1H3/t16-/m1/s1. The number of Topliss-reactive ketones (excluding diaryl/α,β-unsaturated/α-hetero) is 1. The molecule has 1 aliphatic carbocycles. The second kappa shape index (κ2) is 6.14. The van der Waals surface area contributed by atoms with E-state index in [0.29, 0.717) is 5.69 Å². The molecule has 4 nitrogen and oxygen atoms in total. The Labute approximate surface area is 134 Å². The summed E-state index contributed by atoms with van der Waals surface area (Å²) in [6, 6.07) is 5.23. The van der Waals surface area contributed by atoms with Crippen LogP contribution in [0, 0.1) is 11.7 Å². The maximum absolute atomic E-state index is 13.6. The number of aliphatic hydroxyl groups is 1. The third kappa shape index (κ3) is 2.76. The van der Waals surface area contributed by atoms with Gasteiger partial charge in [0.2, 0.25) is 0 Å². The maximum Gasteiger partial charge on any atom is 0.294 e. The van der Waals surface area contributed by atoms with E-state index in [9.17, 15) is 19.1 Å². The van der Waals surface area contributed by atoms with Crippen molar-refractivity contribution in [1.29, 1.82) is 0 Å². The summed E-state index contributed by atoms with van der Waals surface area (Å²) in [6.07, 6.45) is 5.01. The fourth-order valence-corrected chi connectivity index (χ4v) is 3.80. The number of anilines is 1. The van der Waals surface area contributed by atoms with Crippen molar-refractivity contribution >= 4 is 17.4 Å². The van der Waals surface area contributed by atoms with Crippen molar-refractivity contribution in [3.05, 3.63) is 41.4 Å². The first kappa shape index (κ1) is 15.7. The van der Waals surface area contributed by atoms with Gasteiger partial charge in [0.15, 0.2) is 11.5 Å². The molecule has 0 bridgehead atoms. The number of carbonyl (C=O) groups excluding carboxylic acids is 2. The fraction of sp³-hybridized carbons (Fsp3) is 0.444. The van der Waals surface area contributed by atoms with E-state index in [4.69, 9.17) is 0 Å². The average Bonchev–Trinajstić information content (AvgIpc) is 2.80. The molecule has 0 saturated heterocycles. The Bertz CT molecular complexity index is 677. The molecule has 0 unspecified atom stereocenters. The molecule has 1 aromatic rings. The summed E-state index contributed by atoms with van der Waals surface area (Å²) in [5, 5.41) is 10.2. The molecule has 1 saturated carbocycles. The number of benzene rings is 1. The molecular formula is C18H20FNO3. The zero-order valence-corrected chi connectivity index (χ0v) is 13.1. The van der Waals surface area contributed by atoms with Crippen LogP contribution in [0.15, 0.2) is 35.6 Å². The second-order valence-electron chi connectivity index (χ2n) is 6.32. The lowest BCUT2D eigenvalue weighted by Gasteiger charge is -2.35. The van der Waals surface area contributed by atoms with Crippen LogP contribution in [-0.2, 0) is 9.59 Å². The molecule has 2 aliphatic rings. The molecule has 0 radical (unpaired) electrons. The lowest BCUT2D eigenvalue weighted by Crippen LogP contribution is -2.42. The molecule has 1 fully saturated rings. The zero-order valence-electron chi connectivity index (χ0n) is 13.1. The van der Waals surface area contributed by atoms with E-state index in [1.54, 1.807) is 6.07 Å². The first-order chi connectivity index (χ1) is 11.0. The van der Waals surface area contributed by atoms with E-state index in [1.165, 1.54) is 30.0 Å². The molecule has 122 valence electrons. The number of hydrogen-bond acceptors (Lipinski definition) is 3. The highest BCUT2D eigenvalue weighted by molar-refractivity contribution is 6.16. The van der Waals surface area contributed by atoms with Gasteiger partial charge in [-0.2, -0.15) is 0 Å². The van der Waals surface area contributed by atoms with Gasteiger partial charge in [-0.1, -0.05) is 25.3 Å². The Balaban J connectivity index is 2.06. The molecule has 3 rings (SSSR count). The quantitative estimate of drug-likeness (QED) is 0.928. The number of nitrogens with zero attached hydrogens (tertiary/aromatic N) is 1. The predicted molar refractivity (Wildman–Crippen MR) is 84.6 cm³/mol. The number of aliphatic hydroxyl groups excluding tert-OH is 1. The molecular weight excluding hydrogens is 297 g/mol. The van der Waals surface area contributed by atoms with Crippen LogP contribution in [0.4, 0.5) is 10.1 Å². The SMILES string of the molecule is CC(=O)C1=C(O)C(=O)N(c2cccc(F)c2)[C@@H]1C1CCCCC1. The minimum atomic E-state index is -0.614. The Morgan fingerprint density at radius 1 is 1.26 bits per heavy atom. The van der Waals surface area contributed by atoms with Crippen LogP contribution >= 0.6 is 0 Å². The maximum atomic E-state index is 13.6. The Hall–Kier alpha value is -2.17. The van der Waals surface area contributed by atoms with Crippen molar-refractivity contribution in [2.75, 3.05) is 4.90 Å².